The summed E-state index contributed by atoms with van der Waals surface area (Å²) in [6.45, 7) is 1.76. The molecule has 7 nitrogen and oxygen atoms in total. The Kier molecular flexibility index (Phi) is 4.48. The molecule has 2 unspecified atom stereocenters. The quantitative estimate of drug-likeness (QED) is 0.586. The molecule has 2 bridgehead atoms. The fourth-order valence-corrected chi connectivity index (χ4v) is 5.41. The maximum atomic E-state index is 13.5. The number of methoxy groups -OCH3 is 2. The molecule has 2 aliphatic rings. The Morgan fingerprint density at radius 3 is 2.81 bits per heavy atom. The van der Waals surface area contributed by atoms with Crippen LogP contribution in [-0.2, 0) is 9.53 Å². The number of ether oxygens (including phenoxy) is 3. The van der Waals surface area contributed by atoms with Crippen molar-refractivity contribution in [1.82, 2.24) is 4.57 Å². The number of rotatable bonds is 3. The molecule has 0 saturated heterocycles. The van der Waals surface area contributed by atoms with Gasteiger partial charge in [0, 0.05) is 5.56 Å². The van der Waals surface area contributed by atoms with Gasteiger partial charge in [-0.3, -0.25) is 14.2 Å². The maximum Gasteiger partial charge on any atom is 0.317 e. The van der Waals surface area contributed by atoms with Gasteiger partial charge in [0.05, 0.1) is 24.8 Å². The van der Waals surface area contributed by atoms with Gasteiger partial charge in [0.2, 0.25) is 5.72 Å². The van der Waals surface area contributed by atoms with E-state index in [0.29, 0.717) is 20.8 Å². The first-order chi connectivity index (χ1) is 14.9. The molecule has 158 valence electrons. The first-order valence-electron chi connectivity index (χ1n) is 9.78. The minimum Gasteiger partial charge on any atom is -0.497 e. The van der Waals surface area contributed by atoms with Crippen molar-refractivity contribution in [3.8, 4) is 11.5 Å². The summed E-state index contributed by atoms with van der Waals surface area (Å²) in [5, 5.41) is 0. The number of fused-ring (bicyclic) bond motifs is 6. The fourth-order valence-electron chi connectivity index (χ4n) is 4.31. The second-order valence-corrected chi connectivity index (χ2v) is 8.61. The van der Waals surface area contributed by atoms with Gasteiger partial charge in [0.1, 0.15) is 17.4 Å². The van der Waals surface area contributed by atoms with Crippen LogP contribution in [0.25, 0.3) is 6.08 Å². The number of carbonyl (C=O) groups is 1. The summed E-state index contributed by atoms with van der Waals surface area (Å²) in [7, 11) is 2.93. The number of hydrogen-bond acceptors (Lipinski definition) is 7. The smallest absolute Gasteiger partial charge is 0.317 e. The van der Waals surface area contributed by atoms with Crippen LogP contribution < -0.4 is 24.4 Å². The Balaban J connectivity index is 1.77. The number of esters is 1. The van der Waals surface area contributed by atoms with Crippen molar-refractivity contribution < 1.29 is 19.0 Å². The zero-order valence-corrected chi connectivity index (χ0v) is 18.0. The fraction of sp³-hybridized carbons (Fsp3) is 0.261. The van der Waals surface area contributed by atoms with Gasteiger partial charge in [-0.15, -0.1) is 0 Å². The average Bonchev–Trinajstić information content (AvgIpc) is 3.06. The summed E-state index contributed by atoms with van der Waals surface area (Å²) < 4.78 is 18.6. The predicted octanol–water partition coefficient (Wildman–Crippen LogP) is 1.87. The summed E-state index contributed by atoms with van der Waals surface area (Å²) in [6.07, 6.45) is 1.81. The van der Waals surface area contributed by atoms with Gasteiger partial charge in [-0.05, 0) is 36.8 Å². The molecule has 0 spiro atoms. The number of carbonyl (C=O) groups excluding carboxylic acids is 1. The highest BCUT2D eigenvalue weighted by molar-refractivity contribution is 7.07. The molecule has 3 heterocycles. The molecule has 0 fully saturated rings. The second-order valence-electron chi connectivity index (χ2n) is 7.60. The van der Waals surface area contributed by atoms with Crippen molar-refractivity contribution in [2.75, 3.05) is 14.2 Å². The van der Waals surface area contributed by atoms with Crippen LogP contribution in [0.3, 0.4) is 0 Å². The highest BCUT2D eigenvalue weighted by atomic mass is 32.1. The van der Waals surface area contributed by atoms with Crippen LogP contribution in [0.2, 0.25) is 0 Å². The van der Waals surface area contributed by atoms with Crippen molar-refractivity contribution in [3.05, 3.63) is 79.3 Å². The van der Waals surface area contributed by atoms with Crippen LogP contribution in [0.5, 0.6) is 11.5 Å². The molecule has 2 aromatic carbocycles. The van der Waals surface area contributed by atoms with E-state index in [9.17, 15) is 9.59 Å². The zero-order valence-electron chi connectivity index (χ0n) is 17.2. The molecule has 2 aliphatic heterocycles. The lowest BCUT2D eigenvalue weighted by atomic mass is 9.81. The molecule has 1 aromatic heterocycles. The van der Waals surface area contributed by atoms with E-state index in [-0.39, 0.29) is 5.56 Å². The second kappa shape index (κ2) is 7.09. The molecule has 3 atom stereocenters. The zero-order chi connectivity index (χ0) is 21.8. The lowest BCUT2D eigenvalue weighted by Crippen LogP contribution is -2.58. The lowest BCUT2D eigenvalue weighted by molar-refractivity contribution is -0.158. The number of hydrogen-bond donors (Lipinski definition) is 0. The van der Waals surface area contributed by atoms with Gasteiger partial charge in [-0.2, -0.15) is 0 Å². The third kappa shape index (κ3) is 2.97. The molecule has 3 aromatic rings. The summed E-state index contributed by atoms with van der Waals surface area (Å²) >= 11 is 1.28. The van der Waals surface area contributed by atoms with Crippen molar-refractivity contribution in [2.45, 2.75) is 18.7 Å². The van der Waals surface area contributed by atoms with Gasteiger partial charge >= 0.3 is 5.97 Å². The normalized spacial score (nSPS) is 23.8. The number of thiazole rings is 1. The Morgan fingerprint density at radius 1 is 1.23 bits per heavy atom. The first-order valence-corrected chi connectivity index (χ1v) is 10.6. The van der Waals surface area contributed by atoms with E-state index in [2.05, 4.69) is 0 Å². The van der Waals surface area contributed by atoms with Gasteiger partial charge in [0.25, 0.3) is 5.56 Å². The summed E-state index contributed by atoms with van der Waals surface area (Å²) in [5.41, 5.74) is 0.228. The monoisotopic (exact) mass is 436 g/mol. The summed E-state index contributed by atoms with van der Waals surface area (Å²) in [5.74, 6) is 0.0713. The average molecular weight is 436 g/mol. The van der Waals surface area contributed by atoms with E-state index < -0.39 is 23.7 Å². The standard InChI is InChI=1S/C23H20N2O5S/c1-23-18(21(27)29-3)19(15-9-4-5-10-16(15)30-23)25-20(26)17(31-22(25)24-23)12-13-7-6-8-14(11-13)28-2/h4-12,18-19H,1-3H3/b17-12-/t18?,19?,23-/m0/s1. The lowest BCUT2D eigenvalue weighted by Gasteiger charge is -2.44. The Labute approximate surface area is 181 Å². The topological polar surface area (TPSA) is 79.1 Å². The van der Waals surface area contributed by atoms with Crippen LogP contribution in [0.1, 0.15) is 24.1 Å². The molecule has 0 saturated carbocycles. The van der Waals surface area contributed by atoms with Crippen molar-refractivity contribution in [2.24, 2.45) is 10.9 Å². The molecule has 0 aliphatic carbocycles. The molecular weight excluding hydrogens is 416 g/mol. The highest BCUT2D eigenvalue weighted by Crippen LogP contribution is 2.47. The molecular formula is C23H20N2O5S. The van der Waals surface area contributed by atoms with Crippen molar-refractivity contribution >= 4 is 23.4 Å². The molecule has 0 amide bonds. The SMILES string of the molecule is COC(=O)C1C2c3ccccc3O[C@]1(C)N=c1s/c(=C\c3cccc(OC)c3)c(=O)n12. The molecule has 0 radical (unpaired) electrons. The third-order valence-corrected chi connectivity index (χ3v) is 6.71. The van der Waals surface area contributed by atoms with E-state index in [1.807, 2.05) is 54.6 Å². The van der Waals surface area contributed by atoms with E-state index in [4.69, 9.17) is 19.2 Å². The minimum absolute atomic E-state index is 0.204. The number of para-hydroxylation sites is 1. The number of benzene rings is 2. The molecule has 5 rings (SSSR count). The van der Waals surface area contributed by atoms with Gasteiger partial charge in [0.15, 0.2) is 4.80 Å². The Hall–Kier alpha value is -3.39. The maximum absolute atomic E-state index is 13.5. The van der Waals surface area contributed by atoms with Gasteiger partial charge < -0.3 is 14.2 Å². The van der Waals surface area contributed by atoms with E-state index in [0.717, 1.165) is 11.1 Å². The van der Waals surface area contributed by atoms with Gasteiger partial charge in [-0.25, -0.2) is 4.99 Å². The highest BCUT2D eigenvalue weighted by Gasteiger charge is 2.55. The summed E-state index contributed by atoms with van der Waals surface area (Å²) in [6, 6.07) is 14.3. The molecule has 8 heteroatoms. The first kappa shape index (κ1) is 19.6. The van der Waals surface area contributed by atoms with Crippen molar-refractivity contribution in [3.63, 3.8) is 0 Å². The summed E-state index contributed by atoms with van der Waals surface area (Å²) in [4.78, 5) is 31.5. The minimum atomic E-state index is -1.17. The predicted molar refractivity (Wildman–Crippen MR) is 115 cm³/mol. The van der Waals surface area contributed by atoms with E-state index in [1.54, 1.807) is 18.6 Å². The van der Waals surface area contributed by atoms with Crippen LogP contribution >= 0.6 is 11.3 Å². The Morgan fingerprint density at radius 2 is 2.03 bits per heavy atom. The third-order valence-electron chi connectivity index (χ3n) is 5.73. The van der Waals surface area contributed by atoms with E-state index in [1.165, 1.54) is 18.4 Å². The number of nitrogens with zero attached hydrogens (tertiary/aromatic N) is 2. The molecule has 0 N–H and O–H groups in total. The van der Waals surface area contributed by atoms with Crippen LogP contribution in [0.15, 0.2) is 58.3 Å². The van der Waals surface area contributed by atoms with Crippen LogP contribution in [-0.4, -0.2) is 30.5 Å². The largest absolute Gasteiger partial charge is 0.497 e. The number of aromatic nitrogens is 1. The van der Waals surface area contributed by atoms with Crippen molar-refractivity contribution in [1.29, 1.82) is 0 Å². The van der Waals surface area contributed by atoms with Crippen LogP contribution in [0, 0.1) is 5.92 Å². The Bertz CT molecular complexity index is 1380. The molecule has 31 heavy (non-hydrogen) atoms. The van der Waals surface area contributed by atoms with E-state index >= 15 is 0 Å². The van der Waals surface area contributed by atoms with Crippen LogP contribution in [0.4, 0.5) is 0 Å². The van der Waals surface area contributed by atoms with Gasteiger partial charge in [-0.1, -0.05) is 41.7 Å².